The van der Waals surface area contributed by atoms with Crippen LogP contribution in [0.1, 0.15) is 36.8 Å². The van der Waals surface area contributed by atoms with Gasteiger partial charge in [0.25, 0.3) is 0 Å². The predicted octanol–water partition coefficient (Wildman–Crippen LogP) is 4.84. The van der Waals surface area contributed by atoms with Crippen LogP contribution in [0.5, 0.6) is 0 Å². The molecule has 4 N–H and O–H groups in total. The summed E-state index contributed by atoms with van der Waals surface area (Å²) in [5, 5.41) is 0. The van der Waals surface area contributed by atoms with Crippen LogP contribution in [0.4, 0.5) is 0 Å². The van der Waals surface area contributed by atoms with Crippen LogP contribution in [-0.4, -0.2) is 24.8 Å². The van der Waals surface area contributed by atoms with Crippen LogP contribution < -0.4 is 11.5 Å². The molecule has 0 radical (unpaired) electrons. The minimum absolute atomic E-state index is 0.610. The first-order valence-electron chi connectivity index (χ1n) is 11.1. The van der Waals surface area contributed by atoms with Gasteiger partial charge in [-0.25, -0.2) is 0 Å². The van der Waals surface area contributed by atoms with Crippen molar-refractivity contribution in [3.8, 4) is 22.6 Å². The van der Waals surface area contributed by atoms with Gasteiger partial charge in [0.15, 0.2) is 0 Å². The molecule has 3 aromatic rings. The van der Waals surface area contributed by atoms with Crippen LogP contribution in [0.2, 0.25) is 0 Å². The molecule has 0 saturated heterocycles. The molecule has 2 aliphatic rings. The maximum atomic E-state index is 6.12. The molecular formula is C26H28N4O. The van der Waals surface area contributed by atoms with Crippen LogP contribution >= 0.6 is 0 Å². The number of amidine groups is 2. The number of aliphatic imine (C=N–C) groups is 2. The highest BCUT2D eigenvalue weighted by Gasteiger charge is 2.21. The Morgan fingerprint density at radius 1 is 0.645 bits per heavy atom. The van der Waals surface area contributed by atoms with E-state index < -0.39 is 0 Å². The average molecular weight is 413 g/mol. The molecule has 158 valence electrons. The number of nitrogens with zero attached hydrogens (tertiary/aromatic N) is 2. The third-order valence-electron chi connectivity index (χ3n) is 5.97. The molecule has 0 amide bonds. The van der Waals surface area contributed by atoms with Gasteiger partial charge in [0.2, 0.25) is 0 Å². The minimum Gasteiger partial charge on any atom is -0.456 e. The third kappa shape index (κ3) is 4.88. The van der Waals surface area contributed by atoms with Crippen molar-refractivity contribution in [3.63, 3.8) is 0 Å². The fourth-order valence-corrected chi connectivity index (χ4v) is 3.50. The van der Waals surface area contributed by atoms with Gasteiger partial charge in [-0.15, -0.1) is 0 Å². The lowest BCUT2D eigenvalue weighted by molar-refractivity contribution is 0.597. The van der Waals surface area contributed by atoms with Crippen molar-refractivity contribution < 1.29 is 4.42 Å². The van der Waals surface area contributed by atoms with E-state index in [9.17, 15) is 0 Å². The van der Waals surface area contributed by atoms with Crippen molar-refractivity contribution in [2.24, 2.45) is 33.3 Å². The van der Waals surface area contributed by atoms with Gasteiger partial charge in [-0.2, -0.15) is 0 Å². The first-order chi connectivity index (χ1) is 15.2. The predicted molar refractivity (Wildman–Crippen MR) is 126 cm³/mol. The van der Waals surface area contributed by atoms with Crippen LogP contribution in [0.15, 0.2) is 75.1 Å². The second kappa shape index (κ2) is 8.42. The molecule has 0 atom stereocenters. The molecule has 0 unspecified atom stereocenters. The maximum absolute atomic E-state index is 6.12. The molecule has 5 heteroatoms. The molecule has 2 fully saturated rings. The Balaban J connectivity index is 1.27. The lowest BCUT2D eigenvalue weighted by Gasteiger charge is -2.04. The van der Waals surface area contributed by atoms with Gasteiger partial charge in [-0.1, -0.05) is 48.5 Å². The zero-order valence-corrected chi connectivity index (χ0v) is 17.6. The van der Waals surface area contributed by atoms with E-state index >= 15 is 0 Å². The summed E-state index contributed by atoms with van der Waals surface area (Å²) >= 11 is 0. The Morgan fingerprint density at radius 2 is 1.03 bits per heavy atom. The van der Waals surface area contributed by atoms with Gasteiger partial charge < -0.3 is 15.9 Å². The molecule has 5 rings (SSSR count). The van der Waals surface area contributed by atoms with Crippen LogP contribution in [-0.2, 0) is 0 Å². The third-order valence-corrected chi connectivity index (χ3v) is 5.97. The summed E-state index contributed by atoms with van der Waals surface area (Å²) in [6.45, 7) is 1.68. The monoisotopic (exact) mass is 412 g/mol. The Labute approximate surface area is 182 Å². The van der Waals surface area contributed by atoms with E-state index in [0.29, 0.717) is 11.7 Å². The molecule has 0 aliphatic heterocycles. The fraction of sp³-hybridized carbons (Fsp3) is 0.308. The number of hydrogen-bond acceptors (Lipinski definition) is 3. The SMILES string of the molecule is NC(=NCC1CC1)c1ccc(-c2ccc(-c3ccc(C(N)=NCC4CC4)cc3)o2)cc1. The van der Waals surface area contributed by atoms with Gasteiger partial charge in [-0.3, -0.25) is 9.98 Å². The van der Waals surface area contributed by atoms with E-state index in [1.54, 1.807) is 0 Å². The smallest absolute Gasteiger partial charge is 0.134 e. The Morgan fingerprint density at radius 3 is 1.39 bits per heavy atom. The number of nitrogens with two attached hydrogens (primary N) is 2. The second-order valence-corrected chi connectivity index (χ2v) is 8.66. The first-order valence-corrected chi connectivity index (χ1v) is 11.1. The normalized spacial score (nSPS) is 17.2. The molecule has 1 heterocycles. The summed E-state index contributed by atoms with van der Waals surface area (Å²) in [6, 6.07) is 20.1. The van der Waals surface area contributed by atoms with Gasteiger partial charge >= 0.3 is 0 Å². The number of hydrogen-bond donors (Lipinski definition) is 2. The summed E-state index contributed by atoms with van der Waals surface area (Å²) in [6.07, 6.45) is 5.11. The van der Waals surface area contributed by atoms with Crippen molar-refractivity contribution >= 4 is 11.7 Å². The second-order valence-electron chi connectivity index (χ2n) is 8.66. The molecule has 5 nitrogen and oxygen atoms in total. The van der Waals surface area contributed by atoms with E-state index in [1.165, 1.54) is 25.7 Å². The zero-order chi connectivity index (χ0) is 21.2. The molecule has 0 bridgehead atoms. The van der Waals surface area contributed by atoms with Crippen LogP contribution in [0.25, 0.3) is 22.6 Å². The topological polar surface area (TPSA) is 89.9 Å². The quantitative estimate of drug-likeness (QED) is 0.409. The van der Waals surface area contributed by atoms with E-state index in [-0.39, 0.29) is 0 Å². The van der Waals surface area contributed by atoms with Crippen molar-refractivity contribution in [2.75, 3.05) is 13.1 Å². The Kier molecular flexibility index (Phi) is 5.33. The summed E-state index contributed by atoms with van der Waals surface area (Å²) in [5.74, 6) is 4.34. The molecule has 2 aromatic carbocycles. The van der Waals surface area contributed by atoms with Crippen LogP contribution in [0.3, 0.4) is 0 Å². The van der Waals surface area contributed by atoms with Gasteiger partial charge in [0.05, 0.1) is 0 Å². The summed E-state index contributed by atoms with van der Waals surface area (Å²) in [7, 11) is 0. The highest BCUT2D eigenvalue weighted by Crippen LogP contribution is 2.31. The zero-order valence-electron chi connectivity index (χ0n) is 17.6. The van der Waals surface area contributed by atoms with Crippen molar-refractivity contribution in [2.45, 2.75) is 25.7 Å². The number of furan rings is 1. The highest BCUT2D eigenvalue weighted by atomic mass is 16.3. The standard InChI is InChI=1S/C26H28N4O/c27-25(29-15-17-1-2-17)21-9-5-19(6-10-21)23-13-14-24(31-23)20-7-11-22(12-8-20)26(28)30-16-18-3-4-18/h5-14,17-18H,1-4,15-16H2,(H2,27,29)(H2,28,30). The minimum atomic E-state index is 0.610. The van der Waals surface area contributed by atoms with Gasteiger partial charge in [0.1, 0.15) is 23.2 Å². The van der Waals surface area contributed by atoms with Crippen LogP contribution in [0, 0.1) is 11.8 Å². The van der Waals surface area contributed by atoms with Gasteiger partial charge in [-0.05, 0) is 49.7 Å². The molecule has 2 aliphatic carbocycles. The molecule has 0 spiro atoms. The van der Waals surface area contributed by atoms with Gasteiger partial charge in [0, 0.05) is 35.3 Å². The molecular weight excluding hydrogens is 384 g/mol. The molecule has 2 saturated carbocycles. The number of rotatable bonds is 8. The fourth-order valence-electron chi connectivity index (χ4n) is 3.50. The maximum Gasteiger partial charge on any atom is 0.134 e. The van der Waals surface area contributed by atoms with E-state index in [4.69, 9.17) is 15.9 Å². The van der Waals surface area contributed by atoms with E-state index in [1.807, 2.05) is 60.7 Å². The summed E-state index contributed by atoms with van der Waals surface area (Å²) < 4.78 is 6.11. The Bertz CT molecular complexity index is 1010. The Hall–Kier alpha value is -3.34. The summed E-state index contributed by atoms with van der Waals surface area (Å²) in [4.78, 5) is 9.00. The first kappa shape index (κ1) is 19.6. The van der Waals surface area contributed by atoms with E-state index in [2.05, 4.69) is 9.98 Å². The van der Waals surface area contributed by atoms with Crippen molar-refractivity contribution in [1.29, 1.82) is 0 Å². The lowest BCUT2D eigenvalue weighted by atomic mass is 10.1. The van der Waals surface area contributed by atoms with Crippen molar-refractivity contribution in [1.82, 2.24) is 0 Å². The van der Waals surface area contributed by atoms with Crippen molar-refractivity contribution in [3.05, 3.63) is 71.8 Å². The average Bonchev–Trinajstić information content (AvgIpc) is 3.75. The molecule has 31 heavy (non-hydrogen) atoms. The largest absolute Gasteiger partial charge is 0.456 e. The lowest BCUT2D eigenvalue weighted by Crippen LogP contribution is -2.14. The van der Waals surface area contributed by atoms with E-state index in [0.717, 1.165) is 58.7 Å². The molecule has 1 aromatic heterocycles. The number of benzene rings is 2. The highest BCUT2D eigenvalue weighted by molar-refractivity contribution is 5.98. The summed E-state index contributed by atoms with van der Waals surface area (Å²) in [5.41, 5.74) is 16.2.